The fraction of sp³-hybridized carbons (Fsp3) is 0.147. The Morgan fingerprint density at radius 2 is 0.833 bits per heavy atom. The van der Waals surface area contributed by atoms with E-state index in [1.54, 1.807) is 24.2 Å². The van der Waals surface area contributed by atoms with Gasteiger partial charge in [-0.25, -0.2) is 0 Å². The minimum Gasteiger partial charge on any atom is -0.0622 e. The molecule has 3 aromatic carbocycles. The minimum absolute atomic E-state index is 0.446. The summed E-state index contributed by atoms with van der Waals surface area (Å²) in [6, 6.07) is 32.3. The van der Waals surface area contributed by atoms with Gasteiger partial charge in [-0.2, -0.15) is 0 Å². The van der Waals surface area contributed by atoms with Gasteiger partial charge in [0.15, 0.2) is 0 Å². The van der Waals surface area contributed by atoms with Crippen LogP contribution in [-0.4, -0.2) is 3.71 Å². The summed E-state index contributed by atoms with van der Waals surface area (Å²) >= 11 is 1.57. The Bertz CT molecular complexity index is 767. The Labute approximate surface area is 238 Å². The van der Waals surface area contributed by atoms with E-state index in [0.717, 1.165) is 5.92 Å². The van der Waals surface area contributed by atoms with Crippen LogP contribution in [0.4, 0.5) is 0 Å². The van der Waals surface area contributed by atoms with Crippen molar-refractivity contribution in [2.24, 2.45) is 5.92 Å². The largest absolute Gasteiger partial charge is 0.0622 e. The summed E-state index contributed by atoms with van der Waals surface area (Å²) in [5, 5.41) is 4.19. The third-order valence-corrected chi connectivity index (χ3v) is 8.39. The molecule has 1 unspecified atom stereocenters. The molecular weight excluding hydrogens is 531 g/mol. The second-order valence-corrected chi connectivity index (χ2v) is 11.4. The minimum atomic E-state index is -0.446. The third kappa shape index (κ3) is 13.4. The van der Waals surface area contributed by atoms with Crippen molar-refractivity contribution in [3.8, 4) is 0 Å². The van der Waals surface area contributed by atoms with Gasteiger partial charge in [0.1, 0.15) is 0 Å². The van der Waals surface area contributed by atoms with E-state index in [4.69, 9.17) is 0 Å². The van der Waals surface area contributed by atoms with Crippen LogP contribution >= 0.6 is 7.92 Å². The molecule has 0 N–H and O–H groups in total. The normalized spacial score (nSPS) is 14.8. The molecule has 10 radical (unpaired) electrons. The molecule has 2 aliphatic carbocycles. The summed E-state index contributed by atoms with van der Waals surface area (Å²) in [6.45, 7) is 4.53. The van der Waals surface area contributed by atoms with E-state index >= 15 is 0 Å². The predicted molar refractivity (Wildman–Crippen MR) is 158 cm³/mol. The van der Waals surface area contributed by atoms with Crippen LogP contribution in [0.15, 0.2) is 91.0 Å². The molecule has 2 saturated carbocycles. The van der Waals surface area contributed by atoms with E-state index in [0.29, 0.717) is 0 Å². The maximum Gasteiger partial charge on any atom is -0.0134 e. The predicted octanol–water partition coefficient (Wildman–Crippen LogP) is 7.26. The van der Waals surface area contributed by atoms with Gasteiger partial charge in [-0.05, 0) is 88.0 Å². The summed E-state index contributed by atoms with van der Waals surface area (Å²) in [7, 11) is -0.446. The molecule has 36 heavy (non-hydrogen) atoms. The maximum absolute atomic E-state index is 2.32. The molecule has 0 nitrogen and oxygen atoms in total. The Balaban J connectivity index is 0.000000218. The second-order valence-electron chi connectivity index (χ2n) is 8.22. The summed E-state index contributed by atoms with van der Waals surface area (Å²) in [5.74, 6) is 0.916. The van der Waals surface area contributed by atoms with Crippen molar-refractivity contribution in [2.45, 2.75) is 26.7 Å². The fourth-order valence-corrected chi connectivity index (χ4v) is 6.48. The van der Waals surface area contributed by atoms with Crippen LogP contribution in [0.25, 0.3) is 0 Å². The topological polar surface area (TPSA) is 0 Å². The first-order valence-electron chi connectivity index (χ1n) is 12.5. The average Bonchev–Trinajstić information content (AvgIpc) is 3.71. The Morgan fingerprint density at radius 1 is 0.556 bits per heavy atom. The zero-order valence-electron chi connectivity index (χ0n) is 21.4. The molecule has 5 rings (SSSR count). The Hall–Kier alpha value is -1.16. The first-order valence-corrected chi connectivity index (χ1v) is 15.3. The molecule has 0 spiro atoms. The SMILES string of the molecule is CCC(C)C[CH]=[Zr].[CH]1[CH][CH][CH][CH]1.[CH]1[CH][CH][CH][CH]1.c1ccc(P(c2ccccc2)c2ccccc2)cc1. The van der Waals surface area contributed by atoms with Crippen molar-refractivity contribution in [1.82, 2.24) is 0 Å². The first-order chi connectivity index (χ1) is 17.8. The molecule has 0 aliphatic heterocycles. The van der Waals surface area contributed by atoms with Crippen LogP contribution in [0.3, 0.4) is 0 Å². The number of hydrogen-bond acceptors (Lipinski definition) is 0. The van der Waals surface area contributed by atoms with Gasteiger partial charge in [0, 0.05) is 0 Å². The van der Waals surface area contributed by atoms with E-state index in [9.17, 15) is 0 Å². The van der Waals surface area contributed by atoms with Crippen molar-refractivity contribution < 1.29 is 24.2 Å². The second kappa shape index (κ2) is 20.9. The van der Waals surface area contributed by atoms with Gasteiger partial charge in [-0.1, -0.05) is 91.0 Å². The molecule has 0 amide bonds. The van der Waals surface area contributed by atoms with Crippen molar-refractivity contribution in [1.29, 1.82) is 0 Å². The van der Waals surface area contributed by atoms with Gasteiger partial charge >= 0.3 is 60.6 Å². The number of hydrogen-bond donors (Lipinski definition) is 0. The smallest absolute Gasteiger partial charge is 0.0134 e. The van der Waals surface area contributed by atoms with Crippen molar-refractivity contribution in [3.63, 3.8) is 0 Å². The van der Waals surface area contributed by atoms with E-state index < -0.39 is 7.92 Å². The summed E-state index contributed by atoms with van der Waals surface area (Å²) in [6.07, 6.45) is 22.6. The first kappa shape index (κ1) is 31.1. The molecule has 182 valence electrons. The summed E-state index contributed by atoms with van der Waals surface area (Å²) in [5.41, 5.74) is 0. The number of rotatable bonds is 6. The zero-order valence-corrected chi connectivity index (χ0v) is 24.8. The summed E-state index contributed by atoms with van der Waals surface area (Å²) in [4.78, 5) is 0. The van der Waals surface area contributed by atoms with Gasteiger partial charge < -0.3 is 0 Å². The van der Waals surface area contributed by atoms with Crippen molar-refractivity contribution in [2.75, 3.05) is 0 Å². The van der Waals surface area contributed by atoms with E-state index in [2.05, 4.69) is 109 Å². The molecule has 2 heteroatoms. The molecule has 3 aromatic rings. The van der Waals surface area contributed by atoms with E-state index in [1.165, 1.54) is 28.8 Å². The summed E-state index contributed by atoms with van der Waals surface area (Å²) < 4.78 is 2.32. The molecule has 2 fully saturated rings. The van der Waals surface area contributed by atoms with Crippen LogP contribution in [0.2, 0.25) is 0 Å². The van der Waals surface area contributed by atoms with Gasteiger partial charge in [0.25, 0.3) is 0 Å². The molecule has 0 aromatic heterocycles. The molecule has 0 saturated heterocycles. The van der Waals surface area contributed by atoms with Crippen LogP contribution < -0.4 is 15.9 Å². The number of benzene rings is 3. The molecule has 1 atom stereocenters. The van der Waals surface area contributed by atoms with Crippen LogP contribution in [-0.2, 0) is 24.2 Å². The van der Waals surface area contributed by atoms with Gasteiger partial charge in [0.2, 0.25) is 0 Å². The molecular formula is C34H37PZr. The van der Waals surface area contributed by atoms with Crippen molar-refractivity contribution in [3.05, 3.63) is 155 Å². The van der Waals surface area contributed by atoms with Gasteiger partial charge in [-0.3, -0.25) is 0 Å². The third-order valence-electron chi connectivity index (χ3n) is 5.37. The van der Waals surface area contributed by atoms with E-state index in [1.807, 2.05) is 64.2 Å². The molecule has 0 bridgehead atoms. The maximum atomic E-state index is 2.32. The standard InChI is InChI=1S/C18H15P.C6H12.2C5H5.Zr/c1-4-10-16(11-5-1)19(17-12-6-2-7-13-17)18-14-8-3-9-15-18;1-4-6(3)5-2;2*1-2-4-5-3-1;/h1-15H;1,6H,4-5H2,2-3H3;2*1-5H;. The zero-order chi connectivity index (χ0) is 25.7. The van der Waals surface area contributed by atoms with Crippen molar-refractivity contribution >= 4 is 27.5 Å². The van der Waals surface area contributed by atoms with Crippen LogP contribution in [0.5, 0.6) is 0 Å². The van der Waals surface area contributed by atoms with Crippen LogP contribution in [0, 0.1) is 70.1 Å². The average molecular weight is 568 g/mol. The quantitative estimate of drug-likeness (QED) is 0.275. The molecule has 0 heterocycles. The monoisotopic (exact) mass is 566 g/mol. The van der Waals surface area contributed by atoms with Gasteiger partial charge in [0.05, 0.1) is 0 Å². The van der Waals surface area contributed by atoms with Crippen LogP contribution in [0.1, 0.15) is 26.7 Å². The Kier molecular flexibility index (Phi) is 18.0. The Morgan fingerprint density at radius 3 is 1.03 bits per heavy atom. The fourth-order valence-electron chi connectivity index (χ4n) is 3.19. The molecule has 2 aliphatic rings. The van der Waals surface area contributed by atoms with Gasteiger partial charge in [-0.15, -0.1) is 0 Å². The van der Waals surface area contributed by atoms with E-state index in [-0.39, 0.29) is 0 Å².